The van der Waals surface area contributed by atoms with E-state index >= 15 is 0 Å². The molecule has 3 fully saturated rings. The van der Waals surface area contributed by atoms with Crippen molar-refractivity contribution in [3.05, 3.63) is 254 Å². The summed E-state index contributed by atoms with van der Waals surface area (Å²) in [6, 6.07) is 39.4. The number of halogens is 13. The number of carbonyl (C=O) groups is 6. The normalized spacial score (nSPS) is 23.8. The third kappa shape index (κ3) is 23.2. The predicted octanol–water partition coefficient (Wildman–Crippen LogP) is 32.0. The maximum atomic E-state index is 13.9. The molecule has 9 nitrogen and oxygen atoms in total. The molecule has 12 unspecified atom stereocenters. The van der Waals surface area contributed by atoms with Crippen LogP contribution < -0.4 is 17.6 Å². The van der Waals surface area contributed by atoms with Gasteiger partial charge in [0.1, 0.15) is 0 Å². The first kappa shape index (κ1) is 97.9. The Labute approximate surface area is 818 Å². The van der Waals surface area contributed by atoms with Crippen molar-refractivity contribution in [3.8, 4) is 0 Å². The van der Waals surface area contributed by atoms with Crippen molar-refractivity contribution in [1.82, 2.24) is 0 Å². The third-order valence-corrected chi connectivity index (χ3v) is 49.2. The van der Waals surface area contributed by atoms with Crippen LogP contribution in [0.15, 0.2) is 204 Å². The van der Waals surface area contributed by atoms with Crippen LogP contribution in [0.4, 0.5) is 17.1 Å². The van der Waals surface area contributed by atoms with Gasteiger partial charge in [0, 0.05) is 123 Å². The Bertz CT molecular complexity index is 4960. The van der Waals surface area contributed by atoms with Crippen LogP contribution in [-0.2, 0) is 28.8 Å². The molecule has 0 aliphatic carbocycles. The Morgan fingerprint density at radius 2 is 0.595 bits per heavy atom. The molecule has 3 aromatic carbocycles. The number of hydrogen-bond acceptors (Lipinski definition) is 18. The van der Waals surface area contributed by atoms with Gasteiger partial charge in [0.25, 0.3) is 0 Å². The Hall–Kier alpha value is -0.281. The van der Waals surface area contributed by atoms with Gasteiger partial charge in [-0.25, -0.2) is 14.7 Å². The standard InChI is InChI=1S/C24H13Br2Cl2NO2S4.C24H15Cl2NO2S4.C16H11Br2NO2S2.C4H2BrClS.C4H2ClS.3C2H6.3CH3.Br2.Sn/c25-21-13(27)8-17(34-21)15-6-11-19(32-15)20-12(7-16(33-20)18-9-14(28)22(26)35-18)24(31)29(23(11)30)10-4-2-1-3-5-10;25-12-6-17(30-10-12)19-8-15-21(32-19)22-16(9-20(33-22)18-7-13(26)11-31-18)24(29)27(23(15)28)14-4-2-1-3-5-14;17-11-6-9-13(22-11)14-10(7-12(18)23-14)16(21)19(15(9)20)8-4-2-1-3-5-8;5-4-1-3(6)2-7-4;5-4-1-2-6-3-4;3*1-2;;;;1-2;/h1-9,11-12,19-20H;1-11,15-16,21-22H;1-7,9-10,13-14H;1-2H;1,3H;3*1-2H3;3*1H3;;. The average Bonchev–Trinajstić information content (AvgIpc) is 1.60. The molecule has 6 amide bonds. The van der Waals surface area contributed by atoms with Gasteiger partial charge in [0.15, 0.2) is 0 Å². The number of benzene rings is 3. The van der Waals surface area contributed by atoms with Crippen molar-refractivity contribution in [1.29, 1.82) is 0 Å². The number of para-hydroxylation sites is 3. The van der Waals surface area contributed by atoms with Crippen molar-refractivity contribution in [2.24, 2.45) is 35.5 Å². The molecule has 0 radical (unpaired) electrons. The second-order valence-electron chi connectivity index (χ2n) is 25.9. The predicted molar refractivity (Wildman–Crippen MR) is 546 cm³/mol. The molecule has 116 heavy (non-hydrogen) atoms. The van der Waals surface area contributed by atoms with Crippen LogP contribution in [0.2, 0.25) is 45.0 Å². The first-order valence-electron chi connectivity index (χ1n) is 35.7. The van der Waals surface area contributed by atoms with Crippen LogP contribution in [-0.4, -0.2) is 85.3 Å². The van der Waals surface area contributed by atoms with Crippen molar-refractivity contribution in [3.63, 3.8) is 0 Å². The van der Waals surface area contributed by atoms with Gasteiger partial charge in [-0.2, -0.15) is 0 Å². The van der Waals surface area contributed by atoms with E-state index in [1.165, 1.54) is 14.7 Å². The van der Waals surface area contributed by atoms with Crippen LogP contribution in [0.1, 0.15) is 61.1 Å². The molecule has 0 N–H and O–H groups in total. The van der Waals surface area contributed by atoms with Gasteiger partial charge in [0.2, 0.25) is 35.4 Å². The molecule has 0 spiro atoms. The summed E-state index contributed by atoms with van der Waals surface area (Å²) in [6.07, 6.45) is 12.0. The summed E-state index contributed by atoms with van der Waals surface area (Å²) in [4.78, 5) is 101. The molecule has 18 rings (SSSR count). The van der Waals surface area contributed by atoms with Gasteiger partial charge in [-0.15, -0.1) is 127 Å². The minimum absolute atomic E-state index is 0.0507. The van der Waals surface area contributed by atoms with E-state index in [0.29, 0.717) is 37.2 Å². The molecule has 35 heteroatoms. The van der Waals surface area contributed by atoms with Gasteiger partial charge in [-0.3, -0.25) is 28.8 Å². The summed E-state index contributed by atoms with van der Waals surface area (Å²) in [6.45, 7) is 12.0. The van der Waals surface area contributed by atoms with E-state index in [2.05, 4.69) is 129 Å². The topological polar surface area (TPSA) is 112 Å². The van der Waals surface area contributed by atoms with Crippen molar-refractivity contribution < 1.29 is 28.8 Å². The number of thioether (sulfide) groups is 6. The van der Waals surface area contributed by atoms with E-state index in [9.17, 15) is 28.8 Å². The second-order valence-corrected chi connectivity index (χ2v) is 63.7. The number of carbonyl (C=O) groups excluding carboxylic acids is 6. The van der Waals surface area contributed by atoms with Gasteiger partial charge in [-0.05, 0) is 146 Å². The summed E-state index contributed by atoms with van der Waals surface area (Å²) in [5.74, 6) is -3.14. The summed E-state index contributed by atoms with van der Waals surface area (Å²) < 4.78 is 6.33. The molecule has 612 valence electrons. The number of rotatable bonds is 8. The summed E-state index contributed by atoms with van der Waals surface area (Å²) in [7, 11) is 0. The Morgan fingerprint density at radius 1 is 0.328 bits per heavy atom. The van der Waals surface area contributed by atoms with E-state index in [-0.39, 0.29) is 78.8 Å². The number of imide groups is 3. The van der Waals surface area contributed by atoms with Crippen LogP contribution in [0.5, 0.6) is 0 Å². The summed E-state index contributed by atoms with van der Waals surface area (Å²) in [5, 5.41) is 12.0. The molecule has 6 aromatic heterocycles. The Morgan fingerprint density at radius 3 is 0.819 bits per heavy atom. The number of thiophene rings is 6. The Kier molecular flexibility index (Phi) is 38.3. The zero-order valence-electron chi connectivity index (χ0n) is 62.4. The zero-order valence-corrected chi connectivity index (χ0v) is 90.7. The number of fused-ring (bicyclic) bond motifs is 9. The molecule has 0 saturated carbocycles. The molecule has 15 heterocycles. The van der Waals surface area contributed by atoms with Gasteiger partial charge < -0.3 is 0 Å². The molecular formula is C81H70Br7Cl6N3O6S12Sn. The quantitative estimate of drug-likeness (QED) is 0.107. The second kappa shape index (κ2) is 45.4. The molecule has 12 atom stereocenters. The summed E-state index contributed by atoms with van der Waals surface area (Å²) >= 11 is 77.1. The molecular weight excluding hydrogens is 2390 g/mol. The van der Waals surface area contributed by atoms with Crippen LogP contribution in [0.3, 0.4) is 0 Å². The van der Waals surface area contributed by atoms with Crippen LogP contribution in [0, 0.1) is 35.5 Å². The number of nitrogens with zero attached hydrogens (tertiary/aromatic N) is 3. The minimum atomic E-state index is -1.76. The van der Waals surface area contributed by atoms with Crippen molar-refractivity contribution >= 4 is 409 Å². The van der Waals surface area contributed by atoms with Crippen LogP contribution in [0.25, 0.3) is 19.6 Å². The van der Waals surface area contributed by atoms with Crippen LogP contribution >= 0.6 is 316 Å². The van der Waals surface area contributed by atoms with Gasteiger partial charge in [0.05, 0.1) is 89.0 Å². The van der Waals surface area contributed by atoms with Crippen molar-refractivity contribution in [2.75, 3.05) is 14.7 Å². The van der Waals surface area contributed by atoms with Gasteiger partial charge >= 0.3 is 75.5 Å². The van der Waals surface area contributed by atoms with E-state index < -0.39 is 42.0 Å². The third-order valence-electron chi connectivity index (χ3n) is 17.9. The van der Waals surface area contributed by atoms with E-state index in [1.54, 1.807) is 130 Å². The van der Waals surface area contributed by atoms with E-state index in [4.69, 9.17) is 69.6 Å². The Balaban J connectivity index is 0.000000162. The van der Waals surface area contributed by atoms with Crippen molar-refractivity contribution in [2.45, 2.75) is 87.9 Å². The molecule has 9 aliphatic rings. The SMILES string of the molecule is BrBr.CC.CC.CC.Clc1csc(Br)c1.O=C1C2C=C(Br)SC2C2SC(Br)=CC2C(=O)N1c1ccccc1.O=C1C2C=C(c3cc(Cl)c(Br)s3)SC2C2SC(c3cc(Cl)c(Br)s3)=CC2C(=O)N1c1ccccc1.O=C1C2C=C(c3cc(Cl)cs3)SC2C2SC(c3cc(Cl)cs3)=CC2C(=O)N1c1ccccc1.[CH3][Sn]([CH3])([CH3])[c]1cc(Cl)cs1. The summed E-state index contributed by atoms with van der Waals surface area (Å²) in [5.41, 5.74) is 1.86. The molecule has 9 aliphatic heterocycles. The zero-order chi connectivity index (χ0) is 84.3. The van der Waals surface area contributed by atoms with E-state index in [0.717, 1.165) is 68.2 Å². The number of amides is 6. The fourth-order valence-corrected chi connectivity index (χ4v) is 37.9. The molecule has 9 aromatic rings. The van der Waals surface area contributed by atoms with Gasteiger partial charge in [-0.1, -0.05) is 191 Å². The fourth-order valence-electron chi connectivity index (χ4n) is 13.0. The van der Waals surface area contributed by atoms with E-state index in [1.807, 2.05) is 232 Å². The first-order chi connectivity index (χ1) is 55.6. The molecule has 0 bridgehead atoms. The first-order valence-corrected chi connectivity index (χ1v) is 66.1. The average molecular weight is 2460 g/mol. The number of hydrogen-bond donors (Lipinski definition) is 0. The fraction of sp³-hybridized carbons (Fsp3) is 0.259. The monoisotopic (exact) mass is 2450 g/mol. The maximum absolute atomic E-state index is 13.9. The number of anilines is 3. The molecule has 3 saturated heterocycles.